The van der Waals surface area contributed by atoms with E-state index in [9.17, 15) is 19.5 Å². The van der Waals surface area contributed by atoms with Crippen LogP contribution in [0.25, 0.3) is 88.7 Å². The Kier molecular flexibility index (Phi) is 14.4. The summed E-state index contributed by atoms with van der Waals surface area (Å²) in [5.74, 6) is 2.61. The van der Waals surface area contributed by atoms with E-state index in [1.54, 1.807) is 75.5 Å². The Bertz CT molecular complexity index is 4150. The van der Waals surface area contributed by atoms with Crippen molar-refractivity contribution >= 4 is 49.0 Å². The number of H-pyrrole nitrogens is 6. The molecular formula is C58H46BrN9O8. The fourth-order valence-electron chi connectivity index (χ4n) is 8.46. The second-order valence-electron chi connectivity index (χ2n) is 17.1. The Morgan fingerprint density at radius 1 is 0.434 bits per heavy atom. The fraction of sp³-hybridized carbons (Fsp3) is 0.0690. The molecule has 76 heavy (non-hydrogen) atoms. The number of benzene rings is 3. The number of aromatic nitrogens is 9. The van der Waals surface area contributed by atoms with E-state index < -0.39 is 0 Å². The van der Waals surface area contributed by atoms with E-state index in [2.05, 4.69) is 66.9 Å². The van der Waals surface area contributed by atoms with Gasteiger partial charge < -0.3 is 54.0 Å². The van der Waals surface area contributed by atoms with Crippen molar-refractivity contribution in [2.75, 3.05) is 21.3 Å². The maximum absolute atomic E-state index is 11.4. The van der Waals surface area contributed by atoms with Crippen LogP contribution in [-0.4, -0.2) is 71.3 Å². The van der Waals surface area contributed by atoms with Crippen LogP contribution in [-0.2, 0) is 6.61 Å². The summed E-state index contributed by atoms with van der Waals surface area (Å²) < 4.78 is 22.9. The van der Waals surface area contributed by atoms with Crippen LogP contribution in [0, 0.1) is 0 Å². The zero-order chi connectivity index (χ0) is 52.7. The SMILES string of the molecule is COc1cc(-c2cnc3[nH]cc(-c4ccc(=O)[nH]c4)c3c2)ccc1O.COc1ccc(COc2ccc(-c3cnc4[nH]cc(-c5ccc(=O)[nH]c5)c4c3)cc2OC)cc1.O=c1ccc(-c2c[nH]c3ncc(Br)cc23)c[nH]1. The van der Waals surface area contributed by atoms with Crippen molar-refractivity contribution in [1.29, 1.82) is 0 Å². The molecule has 7 N–H and O–H groups in total. The van der Waals surface area contributed by atoms with Gasteiger partial charge in [-0.2, -0.15) is 0 Å². The number of phenols is 1. The fourth-order valence-corrected chi connectivity index (χ4v) is 8.79. The maximum atomic E-state index is 11.4. The van der Waals surface area contributed by atoms with Crippen LogP contribution in [0.15, 0.2) is 190 Å². The van der Waals surface area contributed by atoms with Gasteiger partial charge in [0.05, 0.1) is 21.3 Å². The minimum atomic E-state index is -0.140. The average Bonchev–Trinajstić information content (AvgIpc) is 4.22. The number of halogens is 1. The monoisotopic (exact) mass is 1080 g/mol. The van der Waals surface area contributed by atoms with Crippen molar-refractivity contribution in [3.8, 4) is 84.4 Å². The third kappa shape index (κ3) is 10.9. The number of nitrogens with one attached hydrogen (secondary N) is 6. The van der Waals surface area contributed by atoms with Gasteiger partial charge in [-0.3, -0.25) is 14.4 Å². The van der Waals surface area contributed by atoms with Crippen molar-refractivity contribution in [3.05, 3.63) is 212 Å². The lowest BCUT2D eigenvalue weighted by Gasteiger charge is -2.13. The van der Waals surface area contributed by atoms with Crippen LogP contribution in [0.1, 0.15) is 5.56 Å². The first kappa shape index (κ1) is 49.6. The van der Waals surface area contributed by atoms with Gasteiger partial charge in [0.25, 0.3) is 0 Å². The second-order valence-corrected chi connectivity index (χ2v) is 18.0. The number of methoxy groups -OCH3 is 3. The number of phenolic OH excluding ortho intramolecular Hbond substituents is 1. The first-order chi connectivity index (χ1) is 37.0. The molecule has 0 aliphatic rings. The van der Waals surface area contributed by atoms with Crippen LogP contribution >= 0.6 is 15.9 Å². The van der Waals surface area contributed by atoms with Gasteiger partial charge in [0.1, 0.15) is 29.3 Å². The minimum Gasteiger partial charge on any atom is -0.504 e. The van der Waals surface area contributed by atoms with E-state index >= 15 is 0 Å². The lowest BCUT2D eigenvalue weighted by Crippen LogP contribution is -2.01. The zero-order valence-corrected chi connectivity index (χ0v) is 42.5. The van der Waals surface area contributed by atoms with Gasteiger partial charge in [0, 0.05) is 139 Å². The summed E-state index contributed by atoms with van der Waals surface area (Å²) in [6, 6.07) is 34.8. The highest BCUT2D eigenvalue weighted by molar-refractivity contribution is 9.10. The molecule has 0 saturated carbocycles. The molecule has 9 heterocycles. The molecule has 0 amide bonds. The Hall–Kier alpha value is -9.94. The molecule has 0 fully saturated rings. The predicted octanol–water partition coefficient (Wildman–Crippen LogP) is 11.2. The standard InChI is InChI=1S/C27H23N3O4.C19H15N3O3.C12H8BrN3O/c1-32-21-7-3-17(4-8-21)16-34-24-9-5-18(12-25(24)33-2)20-11-22-23(15-30-27(22)29-14-20)19-6-10-26(31)28-13-19;1-25-17-7-11(2-4-16(17)23)13-6-14-15(10-22-19(14)21-9-13)12-3-5-18(24)20-8-12;13-8-3-9-10(6-16-12(9)15-5-8)7-1-2-11(17)14-4-7/h3-15H,16H2,1-2H3,(H,28,31)(H,29,30);2-10,23H,1H3,(H,20,24)(H,21,22);1-6H,(H,14,17)(H,15,16). The number of pyridine rings is 6. The number of fused-ring (bicyclic) bond motifs is 3. The quantitative estimate of drug-likeness (QED) is 0.0642. The van der Waals surface area contributed by atoms with E-state index in [0.29, 0.717) is 23.9 Å². The second kappa shape index (κ2) is 22.0. The number of nitrogens with zero attached hydrogens (tertiary/aromatic N) is 3. The van der Waals surface area contributed by atoms with Crippen LogP contribution in [0.5, 0.6) is 28.7 Å². The lowest BCUT2D eigenvalue weighted by molar-refractivity contribution is 0.284. The van der Waals surface area contributed by atoms with Gasteiger partial charge in [0.2, 0.25) is 16.7 Å². The Morgan fingerprint density at radius 3 is 1.34 bits per heavy atom. The molecule has 12 rings (SSSR count). The number of rotatable bonds is 11. The molecular weight excluding hydrogens is 1030 g/mol. The summed E-state index contributed by atoms with van der Waals surface area (Å²) in [6.45, 7) is 0.416. The number of hydrogen-bond donors (Lipinski definition) is 7. The van der Waals surface area contributed by atoms with Crippen molar-refractivity contribution in [1.82, 2.24) is 44.9 Å². The normalized spacial score (nSPS) is 10.9. The topological polar surface area (TPSA) is 242 Å². The van der Waals surface area contributed by atoms with Gasteiger partial charge in [-0.15, -0.1) is 0 Å². The predicted molar refractivity (Wildman–Crippen MR) is 297 cm³/mol. The summed E-state index contributed by atoms with van der Waals surface area (Å²) in [6.07, 6.45) is 16.1. The molecule has 3 aromatic carbocycles. The molecule has 0 spiro atoms. The summed E-state index contributed by atoms with van der Waals surface area (Å²) in [4.78, 5) is 64.6. The molecule has 12 aromatic rings. The highest BCUT2D eigenvalue weighted by atomic mass is 79.9. The van der Waals surface area contributed by atoms with E-state index in [4.69, 9.17) is 18.9 Å². The molecule has 0 aliphatic carbocycles. The van der Waals surface area contributed by atoms with Crippen LogP contribution < -0.4 is 35.6 Å². The third-order valence-electron chi connectivity index (χ3n) is 12.4. The first-order valence-corrected chi connectivity index (χ1v) is 24.3. The summed E-state index contributed by atoms with van der Waals surface area (Å²) >= 11 is 3.40. The van der Waals surface area contributed by atoms with E-state index in [0.717, 1.165) is 105 Å². The largest absolute Gasteiger partial charge is 0.504 e. The van der Waals surface area contributed by atoms with E-state index in [1.165, 1.54) is 25.3 Å². The Balaban J connectivity index is 0.000000137. The number of hydrogen-bond acceptors (Lipinski definition) is 11. The summed E-state index contributed by atoms with van der Waals surface area (Å²) in [7, 11) is 4.79. The highest BCUT2D eigenvalue weighted by Crippen LogP contribution is 2.37. The number of aromatic hydroxyl groups is 1. The molecule has 0 saturated heterocycles. The summed E-state index contributed by atoms with van der Waals surface area (Å²) in [5.41, 5.74) is 12.4. The number of aromatic amines is 6. The van der Waals surface area contributed by atoms with Gasteiger partial charge >= 0.3 is 0 Å². The molecule has 0 unspecified atom stereocenters. The van der Waals surface area contributed by atoms with Crippen molar-refractivity contribution in [2.45, 2.75) is 6.61 Å². The Labute approximate surface area is 440 Å². The van der Waals surface area contributed by atoms with Crippen molar-refractivity contribution in [2.24, 2.45) is 0 Å². The van der Waals surface area contributed by atoms with Gasteiger partial charge in [0.15, 0.2) is 23.0 Å². The molecule has 0 atom stereocenters. The molecule has 18 heteroatoms. The van der Waals surface area contributed by atoms with Gasteiger partial charge in [-0.05, 0) is 105 Å². The van der Waals surface area contributed by atoms with Crippen LogP contribution in [0.2, 0.25) is 0 Å². The lowest BCUT2D eigenvalue weighted by atomic mass is 10.0. The molecule has 0 aliphatic heterocycles. The third-order valence-corrected chi connectivity index (χ3v) is 12.8. The van der Waals surface area contributed by atoms with Crippen molar-refractivity contribution in [3.63, 3.8) is 0 Å². The van der Waals surface area contributed by atoms with E-state index in [1.807, 2.05) is 85.5 Å². The molecule has 378 valence electrons. The van der Waals surface area contributed by atoms with Gasteiger partial charge in [-0.1, -0.05) is 24.3 Å². The summed E-state index contributed by atoms with van der Waals surface area (Å²) in [5, 5.41) is 12.7. The van der Waals surface area contributed by atoms with Crippen LogP contribution in [0.4, 0.5) is 0 Å². The Morgan fingerprint density at radius 2 is 0.882 bits per heavy atom. The molecule has 9 aromatic heterocycles. The molecule has 0 radical (unpaired) electrons. The van der Waals surface area contributed by atoms with Crippen molar-refractivity contribution < 1.29 is 24.1 Å². The minimum absolute atomic E-state index is 0.0934. The average molecular weight is 1080 g/mol. The zero-order valence-electron chi connectivity index (χ0n) is 40.9. The van der Waals surface area contributed by atoms with Crippen LogP contribution in [0.3, 0.4) is 0 Å². The van der Waals surface area contributed by atoms with Gasteiger partial charge in [-0.25, -0.2) is 15.0 Å². The molecule has 17 nitrogen and oxygen atoms in total. The smallest absolute Gasteiger partial charge is 0.247 e. The highest BCUT2D eigenvalue weighted by Gasteiger charge is 2.14. The van der Waals surface area contributed by atoms with E-state index in [-0.39, 0.29) is 22.4 Å². The molecule has 0 bridgehead atoms. The first-order valence-electron chi connectivity index (χ1n) is 23.5. The maximum Gasteiger partial charge on any atom is 0.247 e. The number of ether oxygens (including phenoxy) is 4.